The first-order valence-electron chi connectivity index (χ1n) is 6.20. The first-order valence-corrected chi connectivity index (χ1v) is 6.20. The molecule has 2 rings (SSSR count). The van der Waals surface area contributed by atoms with Gasteiger partial charge in [0.1, 0.15) is 6.61 Å². The van der Waals surface area contributed by atoms with E-state index in [9.17, 15) is 4.79 Å². The number of carbonyl (C=O) groups is 1. The van der Waals surface area contributed by atoms with Gasteiger partial charge < -0.3 is 19.7 Å². The molecular weight excluding hydrogens is 248 g/mol. The van der Waals surface area contributed by atoms with Gasteiger partial charge >= 0.3 is 0 Å². The molecule has 7 nitrogen and oxygen atoms in total. The number of anilines is 1. The Morgan fingerprint density at radius 2 is 2.32 bits per heavy atom. The van der Waals surface area contributed by atoms with Crippen LogP contribution in [-0.4, -0.2) is 55.9 Å². The van der Waals surface area contributed by atoms with Gasteiger partial charge in [-0.1, -0.05) is 0 Å². The van der Waals surface area contributed by atoms with Crippen molar-refractivity contribution >= 4 is 11.9 Å². The van der Waals surface area contributed by atoms with Gasteiger partial charge in [-0.2, -0.15) is 0 Å². The van der Waals surface area contributed by atoms with Crippen LogP contribution in [0.25, 0.3) is 0 Å². The average molecular weight is 266 g/mol. The largest absolute Gasteiger partial charge is 0.378 e. The van der Waals surface area contributed by atoms with Gasteiger partial charge in [0.2, 0.25) is 11.9 Å². The molecule has 1 aliphatic rings. The quantitative estimate of drug-likeness (QED) is 0.780. The highest BCUT2D eigenvalue weighted by Crippen LogP contribution is 2.09. The molecule has 1 aromatic heterocycles. The fraction of sp³-hybridized carbons (Fsp3) is 0.583. The van der Waals surface area contributed by atoms with Crippen LogP contribution >= 0.6 is 0 Å². The van der Waals surface area contributed by atoms with Crippen LogP contribution in [0.4, 0.5) is 5.95 Å². The lowest BCUT2D eigenvalue weighted by Crippen LogP contribution is -2.37. The number of hydrogen-bond acceptors (Lipinski definition) is 6. The van der Waals surface area contributed by atoms with Crippen LogP contribution < -0.4 is 10.2 Å². The van der Waals surface area contributed by atoms with Gasteiger partial charge in [-0.25, -0.2) is 9.97 Å². The van der Waals surface area contributed by atoms with Gasteiger partial charge in [0.15, 0.2) is 0 Å². The number of carbonyl (C=O) groups excluding carboxylic acids is 1. The fourth-order valence-electron chi connectivity index (χ4n) is 1.77. The van der Waals surface area contributed by atoms with Crippen LogP contribution in [0.3, 0.4) is 0 Å². The van der Waals surface area contributed by atoms with E-state index in [0.29, 0.717) is 25.7 Å². The first-order chi connectivity index (χ1) is 9.29. The van der Waals surface area contributed by atoms with Gasteiger partial charge in [-0.3, -0.25) is 4.79 Å². The lowest BCUT2D eigenvalue weighted by Gasteiger charge is -2.26. The summed E-state index contributed by atoms with van der Waals surface area (Å²) in [6.45, 7) is 3.40. The molecular formula is C12H18N4O3. The molecule has 0 bridgehead atoms. The average Bonchev–Trinajstić information content (AvgIpc) is 2.47. The number of hydrogen-bond donors (Lipinski definition) is 1. The summed E-state index contributed by atoms with van der Waals surface area (Å²) < 4.78 is 10.0. The molecule has 0 aromatic carbocycles. The Hall–Kier alpha value is -1.73. The third-order valence-electron chi connectivity index (χ3n) is 2.74. The molecule has 0 saturated carbocycles. The zero-order chi connectivity index (χ0) is 13.5. The molecule has 2 heterocycles. The highest BCUT2D eigenvalue weighted by molar-refractivity contribution is 5.77. The molecule has 1 aliphatic heterocycles. The second-order valence-electron chi connectivity index (χ2n) is 4.16. The monoisotopic (exact) mass is 266 g/mol. The predicted octanol–water partition coefficient (Wildman–Crippen LogP) is -0.424. The number of aromatic nitrogens is 2. The molecule has 0 spiro atoms. The summed E-state index contributed by atoms with van der Waals surface area (Å²) in [6.07, 6.45) is 1.70. The SMILES string of the molecule is COCC(=O)NCc1ccnc(N2CCOCC2)n1. The van der Waals surface area contributed by atoms with Crippen LogP contribution in [0.15, 0.2) is 12.3 Å². The Morgan fingerprint density at radius 1 is 1.53 bits per heavy atom. The van der Waals surface area contributed by atoms with Gasteiger partial charge in [0, 0.05) is 26.4 Å². The van der Waals surface area contributed by atoms with E-state index in [1.165, 1.54) is 7.11 Å². The van der Waals surface area contributed by atoms with E-state index in [1.54, 1.807) is 12.3 Å². The van der Waals surface area contributed by atoms with E-state index >= 15 is 0 Å². The van der Waals surface area contributed by atoms with Crippen molar-refractivity contribution < 1.29 is 14.3 Å². The summed E-state index contributed by atoms with van der Waals surface area (Å²) in [7, 11) is 1.49. The van der Waals surface area contributed by atoms with E-state index in [-0.39, 0.29) is 12.5 Å². The predicted molar refractivity (Wildman–Crippen MR) is 68.8 cm³/mol. The minimum absolute atomic E-state index is 0.0569. The van der Waals surface area contributed by atoms with Crippen molar-refractivity contribution in [1.82, 2.24) is 15.3 Å². The maximum Gasteiger partial charge on any atom is 0.246 e. The zero-order valence-corrected chi connectivity index (χ0v) is 11.0. The summed E-state index contributed by atoms with van der Waals surface area (Å²) in [5.74, 6) is 0.524. The van der Waals surface area contributed by atoms with Crippen molar-refractivity contribution in [1.29, 1.82) is 0 Å². The Kier molecular flexibility index (Phi) is 5.05. The Morgan fingerprint density at radius 3 is 3.05 bits per heavy atom. The minimum atomic E-state index is -0.158. The van der Waals surface area contributed by atoms with E-state index < -0.39 is 0 Å². The third-order valence-corrected chi connectivity index (χ3v) is 2.74. The van der Waals surface area contributed by atoms with Crippen LogP contribution in [0.2, 0.25) is 0 Å². The first kappa shape index (κ1) is 13.7. The van der Waals surface area contributed by atoms with Crippen molar-refractivity contribution in [3.63, 3.8) is 0 Å². The Balaban J connectivity index is 1.92. The Labute approximate surface area is 111 Å². The van der Waals surface area contributed by atoms with Crippen LogP contribution in [0.1, 0.15) is 5.69 Å². The molecule has 1 N–H and O–H groups in total. The highest BCUT2D eigenvalue weighted by atomic mass is 16.5. The molecule has 19 heavy (non-hydrogen) atoms. The van der Waals surface area contributed by atoms with E-state index in [4.69, 9.17) is 9.47 Å². The molecule has 0 aliphatic carbocycles. The molecule has 0 radical (unpaired) electrons. The second kappa shape index (κ2) is 7.01. The van der Waals surface area contributed by atoms with E-state index in [1.807, 2.05) is 0 Å². The normalized spacial score (nSPS) is 15.3. The smallest absolute Gasteiger partial charge is 0.246 e. The lowest BCUT2D eigenvalue weighted by atomic mass is 10.4. The lowest BCUT2D eigenvalue weighted by molar-refractivity contribution is -0.124. The van der Waals surface area contributed by atoms with Gasteiger partial charge in [-0.05, 0) is 6.07 Å². The van der Waals surface area contributed by atoms with E-state index in [0.717, 1.165) is 18.8 Å². The number of morpholine rings is 1. The molecule has 1 aromatic rings. The highest BCUT2D eigenvalue weighted by Gasteiger charge is 2.13. The van der Waals surface area contributed by atoms with Crippen LogP contribution in [0.5, 0.6) is 0 Å². The number of nitrogens with one attached hydrogen (secondary N) is 1. The van der Waals surface area contributed by atoms with Crippen molar-refractivity contribution in [2.75, 3.05) is 44.9 Å². The van der Waals surface area contributed by atoms with Crippen molar-refractivity contribution in [2.45, 2.75) is 6.54 Å². The van der Waals surface area contributed by atoms with E-state index in [2.05, 4.69) is 20.2 Å². The van der Waals surface area contributed by atoms with Gasteiger partial charge in [-0.15, -0.1) is 0 Å². The fourth-order valence-corrected chi connectivity index (χ4v) is 1.77. The summed E-state index contributed by atoms with van der Waals surface area (Å²) in [6, 6.07) is 1.79. The molecule has 1 amide bonds. The molecule has 0 unspecified atom stereocenters. The van der Waals surface area contributed by atoms with Gasteiger partial charge in [0.25, 0.3) is 0 Å². The maximum absolute atomic E-state index is 11.3. The zero-order valence-electron chi connectivity index (χ0n) is 11.0. The number of ether oxygens (including phenoxy) is 2. The summed E-state index contributed by atoms with van der Waals surface area (Å²) in [5, 5.41) is 2.73. The molecule has 1 fully saturated rings. The number of rotatable bonds is 5. The molecule has 0 atom stereocenters. The second-order valence-corrected chi connectivity index (χ2v) is 4.16. The van der Waals surface area contributed by atoms with Crippen molar-refractivity contribution in [2.24, 2.45) is 0 Å². The summed E-state index contributed by atoms with van der Waals surface area (Å²) >= 11 is 0. The van der Waals surface area contributed by atoms with Crippen LogP contribution in [0, 0.1) is 0 Å². The number of methoxy groups -OCH3 is 1. The van der Waals surface area contributed by atoms with Crippen molar-refractivity contribution in [3.8, 4) is 0 Å². The van der Waals surface area contributed by atoms with Crippen LogP contribution in [-0.2, 0) is 20.8 Å². The third kappa shape index (κ3) is 4.15. The summed E-state index contributed by atoms with van der Waals surface area (Å²) in [5.41, 5.74) is 0.779. The maximum atomic E-state index is 11.3. The number of amides is 1. The summed E-state index contributed by atoms with van der Waals surface area (Å²) in [4.78, 5) is 22.1. The van der Waals surface area contributed by atoms with Crippen molar-refractivity contribution in [3.05, 3.63) is 18.0 Å². The topological polar surface area (TPSA) is 76.6 Å². The standard InChI is InChI=1S/C12H18N4O3/c1-18-9-11(17)14-8-10-2-3-13-12(15-10)16-4-6-19-7-5-16/h2-3H,4-9H2,1H3,(H,14,17). The van der Waals surface area contributed by atoms with Gasteiger partial charge in [0.05, 0.1) is 25.5 Å². The molecule has 7 heteroatoms. The number of nitrogens with zero attached hydrogens (tertiary/aromatic N) is 3. The minimum Gasteiger partial charge on any atom is -0.378 e. The molecule has 1 saturated heterocycles. The Bertz CT molecular complexity index is 421. The molecule has 104 valence electrons.